The standard InChI is InChI=1S/C18H19NO4S/c1-13-11-14-5-3-4-6-17(14)19(13)18(20)12-24(21,22)16-9-7-15(23-2)8-10-16/h3-10,13H,11-12H2,1-2H3/t13-/m1/s1. The van der Waals surface area contributed by atoms with Crippen LogP contribution >= 0.6 is 0 Å². The molecular weight excluding hydrogens is 326 g/mol. The Bertz CT molecular complexity index is 859. The molecule has 1 atom stereocenters. The van der Waals surface area contributed by atoms with Crippen LogP contribution in [-0.4, -0.2) is 33.2 Å². The van der Waals surface area contributed by atoms with Crippen molar-refractivity contribution in [1.82, 2.24) is 0 Å². The molecule has 0 saturated heterocycles. The van der Waals surface area contributed by atoms with E-state index in [1.165, 1.54) is 19.2 Å². The van der Waals surface area contributed by atoms with E-state index in [4.69, 9.17) is 4.74 Å². The Balaban J connectivity index is 1.83. The average molecular weight is 345 g/mol. The number of amides is 1. The van der Waals surface area contributed by atoms with Crippen molar-refractivity contribution in [2.45, 2.75) is 24.3 Å². The normalized spacial score (nSPS) is 16.8. The zero-order chi connectivity index (χ0) is 17.3. The summed E-state index contributed by atoms with van der Waals surface area (Å²) in [6.45, 7) is 1.93. The lowest BCUT2D eigenvalue weighted by atomic mass is 10.1. The van der Waals surface area contributed by atoms with Crippen LogP contribution in [-0.2, 0) is 21.1 Å². The molecule has 6 heteroatoms. The predicted molar refractivity (Wildman–Crippen MR) is 92.1 cm³/mol. The van der Waals surface area contributed by atoms with Gasteiger partial charge < -0.3 is 9.64 Å². The number of hydrogen-bond acceptors (Lipinski definition) is 4. The third-order valence-corrected chi connectivity index (χ3v) is 5.83. The number of carbonyl (C=O) groups is 1. The molecule has 0 unspecified atom stereocenters. The number of anilines is 1. The third kappa shape index (κ3) is 3.01. The summed E-state index contributed by atoms with van der Waals surface area (Å²) in [7, 11) is -2.18. The molecule has 0 radical (unpaired) electrons. The van der Waals surface area contributed by atoms with Crippen LogP contribution < -0.4 is 9.64 Å². The summed E-state index contributed by atoms with van der Waals surface area (Å²) in [6.07, 6.45) is 0.741. The molecule has 1 aliphatic rings. The van der Waals surface area contributed by atoms with E-state index in [0.717, 1.165) is 17.7 Å². The van der Waals surface area contributed by atoms with Crippen molar-refractivity contribution in [2.24, 2.45) is 0 Å². The lowest BCUT2D eigenvalue weighted by Crippen LogP contribution is -2.39. The van der Waals surface area contributed by atoms with Gasteiger partial charge in [0.1, 0.15) is 11.5 Å². The molecule has 0 aliphatic carbocycles. The molecule has 3 rings (SSSR count). The summed E-state index contributed by atoms with van der Waals surface area (Å²) >= 11 is 0. The van der Waals surface area contributed by atoms with Crippen molar-refractivity contribution in [1.29, 1.82) is 0 Å². The summed E-state index contributed by atoms with van der Waals surface area (Å²) in [5.74, 6) is -0.372. The number of ether oxygens (including phenoxy) is 1. The Morgan fingerprint density at radius 3 is 2.50 bits per heavy atom. The number of methoxy groups -OCH3 is 1. The van der Waals surface area contributed by atoms with Gasteiger partial charge in [-0.15, -0.1) is 0 Å². The van der Waals surface area contributed by atoms with Crippen LogP contribution in [0.2, 0.25) is 0 Å². The third-order valence-electron chi connectivity index (χ3n) is 4.21. The monoisotopic (exact) mass is 345 g/mol. The van der Waals surface area contributed by atoms with E-state index in [-0.39, 0.29) is 10.9 Å². The summed E-state index contributed by atoms with van der Waals surface area (Å²) in [5, 5.41) is 0. The Morgan fingerprint density at radius 2 is 1.83 bits per heavy atom. The highest BCUT2D eigenvalue weighted by Gasteiger charge is 2.33. The number of hydrogen-bond donors (Lipinski definition) is 0. The van der Waals surface area contributed by atoms with Gasteiger partial charge in [-0.05, 0) is 49.2 Å². The predicted octanol–water partition coefficient (Wildman–Crippen LogP) is 2.45. The van der Waals surface area contributed by atoms with Crippen LogP contribution in [0.15, 0.2) is 53.4 Å². The number of carbonyl (C=O) groups excluding carboxylic acids is 1. The SMILES string of the molecule is COc1ccc(S(=O)(=O)CC(=O)N2c3ccccc3C[C@H]2C)cc1. The number of sulfone groups is 1. The Kier molecular flexibility index (Phi) is 4.32. The minimum absolute atomic E-state index is 0.0408. The summed E-state index contributed by atoms with van der Waals surface area (Å²) in [5.41, 5.74) is 1.88. The van der Waals surface area contributed by atoms with Gasteiger partial charge >= 0.3 is 0 Å². The molecule has 0 spiro atoms. The topological polar surface area (TPSA) is 63.7 Å². The van der Waals surface area contributed by atoms with E-state index in [2.05, 4.69) is 0 Å². The smallest absolute Gasteiger partial charge is 0.242 e. The van der Waals surface area contributed by atoms with Gasteiger partial charge in [-0.2, -0.15) is 0 Å². The van der Waals surface area contributed by atoms with E-state index in [1.807, 2.05) is 31.2 Å². The molecule has 126 valence electrons. The second-order valence-electron chi connectivity index (χ2n) is 5.88. The number of para-hydroxylation sites is 1. The van der Waals surface area contributed by atoms with Gasteiger partial charge in [0.2, 0.25) is 5.91 Å². The van der Waals surface area contributed by atoms with Crippen molar-refractivity contribution in [3.63, 3.8) is 0 Å². The van der Waals surface area contributed by atoms with E-state index in [0.29, 0.717) is 5.75 Å². The highest BCUT2D eigenvalue weighted by molar-refractivity contribution is 7.92. The quantitative estimate of drug-likeness (QED) is 0.854. The summed E-state index contributed by atoms with van der Waals surface area (Å²) < 4.78 is 30.1. The molecule has 2 aromatic rings. The number of nitrogens with zero attached hydrogens (tertiary/aromatic N) is 1. The average Bonchev–Trinajstić information content (AvgIpc) is 2.90. The van der Waals surface area contributed by atoms with Gasteiger partial charge in [0.05, 0.1) is 12.0 Å². The summed E-state index contributed by atoms with van der Waals surface area (Å²) in [6, 6.07) is 13.6. The van der Waals surface area contributed by atoms with E-state index in [1.54, 1.807) is 17.0 Å². The van der Waals surface area contributed by atoms with Gasteiger partial charge in [-0.3, -0.25) is 4.79 Å². The van der Waals surface area contributed by atoms with Gasteiger partial charge in [-0.1, -0.05) is 18.2 Å². The van der Waals surface area contributed by atoms with Gasteiger partial charge in [0.15, 0.2) is 9.84 Å². The van der Waals surface area contributed by atoms with E-state index < -0.39 is 21.5 Å². The van der Waals surface area contributed by atoms with Crippen LogP contribution in [0.5, 0.6) is 5.75 Å². The van der Waals surface area contributed by atoms with Gasteiger partial charge in [0, 0.05) is 11.7 Å². The minimum atomic E-state index is -3.69. The largest absolute Gasteiger partial charge is 0.497 e. The molecule has 0 bridgehead atoms. The highest BCUT2D eigenvalue weighted by atomic mass is 32.2. The van der Waals surface area contributed by atoms with Crippen LogP contribution in [0.25, 0.3) is 0 Å². The zero-order valence-electron chi connectivity index (χ0n) is 13.6. The van der Waals surface area contributed by atoms with E-state index in [9.17, 15) is 13.2 Å². The maximum absolute atomic E-state index is 12.7. The molecular formula is C18H19NO4S. The van der Waals surface area contributed by atoms with Crippen LogP contribution in [0.3, 0.4) is 0 Å². The second kappa shape index (κ2) is 6.28. The first-order chi connectivity index (χ1) is 11.4. The molecule has 5 nitrogen and oxygen atoms in total. The van der Waals surface area contributed by atoms with Crippen molar-refractivity contribution in [2.75, 3.05) is 17.8 Å². The molecule has 1 amide bonds. The molecule has 2 aromatic carbocycles. The lowest BCUT2D eigenvalue weighted by Gasteiger charge is -2.22. The first-order valence-corrected chi connectivity index (χ1v) is 9.34. The second-order valence-corrected chi connectivity index (χ2v) is 7.87. The zero-order valence-corrected chi connectivity index (χ0v) is 14.4. The fraction of sp³-hybridized carbons (Fsp3) is 0.278. The van der Waals surface area contributed by atoms with Gasteiger partial charge in [0.25, 0.3) is 0 Å². The molecule has 0 fully saturated rings. The molecule has 24 heavy (non-hydrogen) atoms. The highest BCUT2D eigenvalue weighted by Crippen LogP contribution is 2.32. The molecule has 0 saturated carbocycles. The van der Waals surface area contributed by atoms with Crippen molar-refractivity contribution >= 4 is 21.4 Å². The van der Waals surface area contributed by atoms with Crippen LogP contribution in [0.1, 0.15) is 12.5 Å². The maximum Gasteiger partial charge on any atom is 0.242 e. The molecule has 0 N–H and O–H groups in total. The maximum atomic E-state index is 12.7. The van der Waals surface area contributed by atoms with Crippen molar-refractivity contribution in [3.05, 3.63) is 54.1 Å². The van der Waals surface area contributed by atoms with Crippen LogP contribution in [0.4, 0.5) is 5.69 Å². The van der Waals surface area contributed by atoms with Crippen LogP contribution in [0, 0.1) is 0 Å². The first kappa shape index (κ1) is 16.5. The number of fused-ring (bicyclic) bond motifs is 1. The lowest BCUT2D eigenvalue weighted by molar-refractivity contribution is -0.116. The first-order valence-electron chi connectivity index (χ1n) is 7.69. The minimum Gasteiger partial charge on any atom is -0.497 e. The fourth-order valence-electron chi connectivity index (χ4n) is 3.04. The Hall–Kier alpha value is -2.34. The van der Waals surface area contributed by atoms with E-state index >= 15 is 0 Å². The molecule has 1 aliphatic heterocycles. The Labute approximate surface area is 141 Å². The fourth-order valence-corrected chi connectivity index (χ4v) is 4.23. The number of benzene rings is 2. The van der Waals surface area contributed by atoms with Crippen molar-refractivity contribution in [3.8, 4) is 5.75 Å². The molecule has 1 heterocycles. The Morgan fingerprint density at radius 1 is 1.17 bits per heavy atom. The molecule has 0 aromatic heterocycles. The number of rotatable bonds is 4. The van der Waals surface area contributed by atoms with Crippen molar-refractivity contribution < 1.29 is 17.9 Å². The van der Waals surface area contributed by atoms with Gasteiger partial charge in [-0.25, -0.2) is 8.42 Å². The summed E-state index contributed by atoms with van der Waals surface area (Å²) in [4.78, 5) is 14.4.